The van der Waals surface area contributed by atoms with Crippen molar-refractivity contribution in [3.8, 4) is 0 Å². The summed E-state index contributed by atoms with van der Waals surface area (Å²) in [5.74, 6) is -0.259. The molecule has 0 aliphatic carbocycles. The molecule has 0 aliphatic heterocycles. The van der Waals surface area contributed by atoms with E-state index in [-0.39, 0.29) is 5.97 Å². The monoisotopic (exact) mass is 403 g/mol. The third-order valence-corrected chi connectivity index (χ3v) is 10.8. The lowest BCUT2D eigenvalue weighted by molar-refractivity contribution is 0.0497. The highest BCUT2D eigenvalue weighted by Crippen LogP contribution is 2.36. The Labute approximate surface area is 173 Å². The highest BCUT2D eigenvalue weighted by molar-refractivity contribution is 6.84. The summed E-state index contributed by atoms with van der Waals surface area (Å²) in [5.41, 5.74) is 9.37. The highest BCUT2D eigenvalue weighted by atomic mass is 28.3. The topological polar surface area (TPSA) is 52.3 Å². The molecule has 2 N–H and O–H groups in total. The quantitative estimate of drug-likeness (QED) is 0.174. The molecule has 28 heavy (non-hydrogen) atoms. The van der Waals surface area contributed by atoms with Gasteiger partial charge in [-0.3, -0.25) is 0 Å². The van der Waals surface area contributed by atoms with E-state index in [1.807, 2.05) is 0 Å². The predicted octanol–water partition coefficient (Wildman–Crippen LogP) is 7.15. The number of ether oxygens (including phenoxy) is 1. The summed E-state index contributed by atoms with van der Waals surface area (Å²) in [5, 5.41) is 0.437. The third-order valence-electron chi connectivity index (χ3n) is 5.86. The molecule has 1 aromatic carbocycles. The first-order valence-electron chi connectivity index (χ1n) is 10.8. The van der Waals surface area contributed by atoms with Gasteiger partial charge in [-0.25, -0.2) is 4.79 Å². The number of hydrogen-bond donors (Lipinski definition) is 1. The first-order valence-corrected chi connectivity index (χ1v) is 13.9. The molecule has 0 bridgehead atoms. The van der Waals surface area contributed by atoms with Crippen LogP contribution in [0.4, 0.5) is 5.69 Å². The number of anilines is 1. The Morgan fingerprint density at radius 1 is 0.964 bits per heavy atom. The van der Waals surface area contributed by atoms with Crippen LogP contribution in [0.1, 0.15) is 82.5 Å². The van der Waals surface area contributed by atoms with Gasteiger partial charge in [-0.1, -0.05) is 77.7 Å². The predicted molar refractivity (Wildman–Crippen MR) is 124 cm³/mol. The SMILES string of the molecule is CC(C)(C)[Si](C)(C)C=CCCCCCCCCCOC(=O)c1ccc(N)cc1. The summed E-state index contributed by atoms with van der Waals surface area (Å²) in [7, 11) is -1.25. The van der Waals surface area contributed by atoms with E-state index in [0.29, 0.717) is 22.9 Å². The van der Waals surface area contributed by atoms with Crippen LogP contribution in [-0.2, 0) is 4.74 Å². The molecule has 0 saturated heterocycles. The fraction of sp³-hybridized carbons (Fsp3) is 0.625. The van der Waals surface area contributed by atoms with Crippen molar-refractivity contribution in [2.75, 3.05) is 12.3 Å². The minimum atomic E-state index is -1.25. The van der Waals surface area contributed by atoms with E-state index in [2.05, 4.69) is 45.6 Å². The molecular weight excluding hydrogens is 362 g/mol. The molecule has 0 atom stereocenters. The van der Waals surface area contributed by atoms with Gasteiger partial charge in [-0.2, -0.15) is 0 Å². The van der Waals surface area contributed by atoms with Gasteiger partial charge in [0.15, 0.2) is 0 Å². The lowest BCUT2D eigenvalue weighted by Crippen LogP contribution is -2.34. The van der Waals surface area contributed by atoms with Gasteiger partial charge in [-0.15, -0.1) is 0 Å². The van der Waals surface area contributed by atoms with Crippen LogP contribution < -0.4 is 5.73 Å². The Bertz CT molecular complexity index is 600. The molecule has 0 amide bonds. The molecule has 0 radical (unpaired) electrons. The maximum absolute atomic E-state index is 11.9. The molecule has 0 aliphatic rings. The Balaban J connectivity index is 1.98. The first kappa shape index (κ1) is 24.5. The summed E-state index contributed by atoms with van der Waals surface area (Å²) in [4.78, 5) is 11.9. The van der Waals surface area contributed by atoms with Crippen LogP contribution >= 0.6 is 0 Å². The van der Waals surface area contributed by atoms with Gasteiger partial charge in [0.25, 0.3) is 0 Å². The molecular formula is C24H41NO2Si. The summed E-state index contributed by atoms with van der Waals surface area (Å²) >= 11 is 0. The molecule has 0 spiro atoms. The standard InChI is InChI=1S/C24H41NO2Si/c1-24(2,3)28(4,5)20-14-12-10-8-6-7-9-11-13-19-27-23(26)21-15-17-22(25)18-16-21/h14-18,20H,6-13,19,25H2,1-5H3. The minimum Gasteiger partial charge on any atom is -0.462 e. The largest absolute Gasteiger partial charge is 0.462 e. The van der Waals surface area contributed by atoms with Crippen LogP contribution in [0, 0.1) is 0 Å². The Morgan fingerprint density at radius 3 is 2.07 bits per heavy atom. The third kappa shape index (κ3) is 9.58. The van der Waals surface area contributed by atoms with Gasteiger partial charge in [-0.05, 0) is 48.6 Å². The average molecular weight is 404 g/mol. The van der Waals surface area contributed by atoms with E-state index in [9.17, 15) is 4.79 Å². The second-order valence-corrected chi connectivity index (χ2v) is 14.7. The smallest absolute Gasteiger partial charge is 0.338 e. The number of carbonyl (C=O) groups is 1. The fourth-order valence-electron chi connectivity index (χ4n) is 2.74. The van der Waals surface area contributed by atoms with E-state index in [4.69, 9.17) is 10.5 Å². The van der Waals surface area contributed by atoms with Gasteiger partial charge in [0, 0.05) is 5.69 Å². The molecule has 1 aromatic rings. The molecule has 1 rings (SSSR count). The van der Waals surface area contributed by atoms with Crippen LogP contribution in [0.3, 0.4) is 0 Å². The number of unbranched alkanes of at least 4 members (excludes halogenated alkanes) is 7. The van der Waals surface area contributed by atoms with Crippen LogP contribution in [0.25, 0.3) is 0 Å². The summed E-state index contributed by atoms with van der Waals surface area (Å²) < 4.78 is 5.31. The number of benzene rings is 1. The number of esters is 1. The zero-order chi connectivity index (χ0) is 21.0. The van der Waals surface area contributed by atoms with Crippen molar-refractivity contribution < 1.29 is 9.53 Å². The zero-order valence-electron chi connectivity index (χ0n) is 18.7. The van der Waals surface area contributed by atoms with Crippen molar-refractivity contribution in [1.82, 2.24) is 0 Å². The van der Waals surface area contributed by atoms with Gasteiger partial charge in [0.1, 0.15) is 0 Å². The molecule has 4 heteroatoms. The van der Waals surface area contributed by atoms with E-state index in [1.54, 1.807) is 24.3 Å². The summed E-state index contributed by atoms with van der Waals surface area (Å²) in [6, 6.07) is 6.86. The van der Waals surface area contributed by atoms with E-state index in [1.165, 1.54) is 38.5 Å². The van der Waals surface area contributed by atoms with Crippen molar-refractivity contribution in [3.05, 3.63) is 41.6 Å². The molecule has 3 nitrogen and oxygen atoms in total. The average Bonchev–Trinajstić information content (AvgIpc) is 2.62. The molecule has 158 valence electrons. The number of nitrogen functional groups attached to an aromatic ring is 1. The molecule has 0 aromatic heterocycles. The van der Waals surface area contributed by atoms with Gasteiger partial charge < -0.3 is 10.5 Å². The number of carbonyl (C=O) groups excluding carboxylic acids is 1. The van der Waals surface area contributed by atoms with E-state index in [0.717, 1.165) is 12.8 Å². The summed E-state index contributed by atoms with van der Waals surface area (Å²) in [6.07, 6.45) is 12.1. The Morgan fingerprint density at radius 2 is 1.50 bits per heavy atom. The molecule has 0 fully saturated rings. The van der Waals surface area contributed by atoms with E-state index >= 15 is 0 Å². The minimum absolute atomic E-state index is 0.259. The maximum atomic E-state index is 11.9. The normalized spacial score (nSPS) is 12.5. The second kappa shape index (κ2) is 12.1. The van der Waals surface area contributed by atoms with Crippen LogP contribution in [0.2, 0.25) is 18.1 Å². The van der Waals surface area contributed by atoms with Crippen molar-refractivity contribution >= 4 is 19.7 Å². The number of rotatable bonds is 12. The molecule has 0 heterocycles. The lowest BCUT2D eigenvalue weighted by atomic mass is 10.1. The Hall–Kier alpha value is -1.55. The zero-order valence-corrected chi connectivity index (χ0v) is 19.7. The first-order chi connectivity index (χ1) is 13.1. The maximum Gasteiger partial charge on any atom is 0.338 e. The number of nitrogens with two attached hydrogens (primary N) is 1. The van der Waals surface area contributed by atoms with Crippen LogP contribution in [0.5, 0.6) is 0 Å². The van der Waals surface area contributed by atoms with Gasteiger partial charge in [0.05, 0.1) is 20.2 Å². The van der Waals surface area contributed by atoms with Crippen molar-refractivity contribution in [2.45, 2.75) is 90.3 Å². The van der Waals surface area contributed by atoms with E-state index < -0.39 is 8.07 Å². The molecule has 0 saturated carbocycles. The van der Waals surface area contributed by atoms with Crippen LogP contribution in [0.15, 0.2) is 36.0 Å². The Kier molecular flexibility index (Phi) is 10.6. The van der Waals surface area contributed by atoms with Crippen molar-refractivity contribution in [2.24, 2.45) is 0 Å². The second-order valence-electron chi connectivity index (χ2n) is 9.40. The summed E-state index contributed by atoms with van der Waals surface area (Å²) in [6.45, 7) is 12.5. The van der Waals surface area contributed by atoms with Gasteiger partial charge >= 0.3 is 5.97 Å². The van der Waals surface area contributed by atoms with Crippen LogP contribution in [-0.4, -0.2) is 20.7 Å². The molecule has 0 unspecified atom stereocenters. The highest BCUT2D eigenvalue weighted by Gasteiger charge is 2.31. The fourth-order valence-corrected chi connectivity index (χ4v) is 4.00. The van der Waals surface area contributed by atoms with Gasteiger partial charge in [0.2, 0.25) is 0 Å². The number of allylic oxidation sites excluding steroid dienone is 1. The lowest BCUT2D eigenvalue weighted by Gasteiger charge is -2.34. The van der Waals surface area contributed by atoms with Crippen molar-refractivity contribution in [1.29, 1.82) is 0 Å². The van der Waals surface area contributed by atoms with Crippen molar-refractivity contribution in [3.63, 3.8) is 0 Å². The number of hydrogen-bond acceptors (Lipinski definition) is 3.